The second-order valence-electron chi connectivity index (χ2n) is 4.30. The maximum absolute atomic E-state index is 11.6. The molecule has 3 N–H and O–H groups in total. The summed E-state index contributed by atoms with van der Waals surface area (Å²) in [5, 5.41) is 1.56. The van der Waals surface area contributed by atoms with Crippen molar-refractivity contribution < 1.29 is 4.79 Å². The van der Waals surface area contributed by atoms with Crippen LogP contribution in [-0.4, -0.2) is 10.9 Å². The summed E-state index contributed by atoms with van der Waals surface area (Å²) < 4.78 is 0. The fourth-order valence-corrected chi connectivity index (χ4v) is 3.27. The highest BCUT2D eigenvalue weighted by Gasteiger charge is 2.16. The van der Waals surface area contributed by atoms with Crippen molar-refractivity contribution in [1.82, 2.24) is 4.98 Å². The van der Waals surface area contributed by atoms with Gasteiger partial charge in [-0.1, -0.05) is 47.6 Å². The van der Waals surface area contributed by atoms with E-state index in [2.05, 4.69) is 4.98 Å². The Morgan fingerprint density at radius 1 is 1.15 bits per heavy atom. The summed E-state index contributed by atoms with van der Waals surface area (Å²) >= 11 is 7.49. The number of rotatable bonds is 3. The molecular weight excluding hydrogens is 292 g/mol. The SMILES string of the molecule is NC(=O)c1[nH]c2cc(Cl)ccc2c1Sc1ccccc1. The lowest BCUT2D eigenvalue weighted by Crippen LogP contribution is -2.12. The largest absolute Gasteiger partial charge is 0.364 e. The van der Waals surface area contributed by atoms with Crippen LogP contribution in [0, 0.1) is 0 Å². The molecule has 0 aliphatic carbocycles. The van der Waals surface area contributed by atoms with E-state index < -0.39 is 5.91 Å². The minimum Gasteiger partial charge on any atom is -0.364 e. The van der Waals surface area contributed by atoms with Crippen molar-refractivity contribution in [1.29, 1.82) is 0 Å². The summed E-state index contributed by atoms with van der Waals surface area (Å²) in [6.07, 6.45) is 0. The van der Waals surface area contributed by atoms with Crippen LogP contribution in [-0.2, 0) is 0 Å². The lowest BCUT2D eigenvalue weighted by molar-refractivity contribution is 0.0993. The number of amides is 1. The average molecular weight is 303 g/mol. The van der Waals surface area contributed by atoms with Gasteiger partial charge in [0, 0.05) is 20.8 Å². The molecule has 0 bridgehead atoms. The minimum atomic E-state index is -0.476. The summed E-state index contributed by atoms with van der Waals surface area (Å²) in [5.74, 6) is -0.476. The normalized spacial score (nSPS) is 10.8. The van der Waals surface area contributed by atoms with Crippen molar-refractivity contribution in [2.45, 2.75) is 9.79 Å². The van der Waals surface area contributed by atoms with E-state index in [0.29, 0.717) is 10.7 Å². The maximum Gasteiger partial charge on any atom is 0.266 e. The number of benzene rings is 2. The highest BCUT2D eigenvalue weighted by molar-refractivity contribution is 7.99. The van der Waals surface area contributed by atoms with Crippen LogP contribution in [0.15, 0.2) is 58.3 Å². The Labute approximate surface area is 125 Å². The van der Waals surface area contributed by atoms with E-state index in [1.807, 2.05) is 36.4 Å². The third-order valence-electron chi connectivity index (χ3n) is 2.92. The van der Waals surface area contributed by atoms with Crippen LogP contribution in [0.1, 0.15) is 10.5 Å². The van der Waals surface area contributed by atoms with E-state index in [4.69, 9.17) is 17.3 Å². The Morgan fingerprint density at radius 3 is 2.60 bits per heavy atom. The van der Waals surface area contributed by atoms with Gasteiger partial charge in [-0.2, -0.15) is 0 Å². The summed E-state index contributed by atoms with van der Waals surface area (Å²) in [7, 11) is 0. The van der Waals surface area contributed by atoms with E-state index >= 15 is 0 Å². The van der Waals surface area contributed by atoms with Gasteiger partial charge in [0.2, 0.25) is 0 Å². The van der Waals surface area contributed by atoms with Gasteiger partial charge in [-0.25, -0.2) is 0 Å². The van der Waals surface area contributed by atoms with Gasteiger partial charge in [-0.3, -0.25) is 4.79 Å². The first-order chi connectivity index (χ1) is 9.65. The quantitative estimate of drug-likeness (QED) is 0.766. The molecule has 3 nitrogen and oxygen atoms in total. The molecule has 3 rings (SSSR count). The highest BCUT2D eigenvalue weighted by atomic mass is 35.5. The predicted octanol–water partition coefficient (Wildman–Crippen LogP) is 4.07. The number of aromatic nitrogens is 1. The molecule has 20 heavy (non-hydrogen) atoms. The van der Waals surface area contributed by atoms with E-state index in [-0.39, 0.29) is 0 Å². The van der Waals surface area contributed by atoms with Gasteiger partial charge in [-0.05, 0) is 24.3 Å². The number of halogens is 1. The number of nitrogens with one attached hydrogen (secondary N) is 1. The van der Waals surface area contributed by atoms with Gasteiger partial charge in [0.25, 0.3) is 5.91 Å². The molecule has 0 saturated carbocycles. The van der Waals surface area contributed by atoms with Gasteiger partial charge in [-0.15, -0.1) is 0 Å². The summed E-state index contributed by atoms with van der Waals surface area (Å²) in [6.45, 7) is 0. The predicted molar refractivity (Wildman–Crippen MR) is 82.4 cm³/mol. The molecule has 0 aliphatic rings. The van der Waals surface area contributed by atoms with Crippen LogP contribution in [0.3, 0.4) is 0 Å². The number of primary amides is 1. The maximum atomic E-state index is 11.6. The van der Waals surface area contributed by atoms with Crippen LogP contribution in [0.25, 0.3) is 10.9 Å². The molecule has 3 aromatic rings. The molecule has 0 unspecified atom stereocenters. The summed E-state index contributed by atoms with van der Waals surface area (Å²) in [4.78, 5) is 16.5. The van der Waals surface area contributed by atoms with Gasteiger partial charge >= 0.3 is 0 Å². The third kappa shape index (κ3) is 2.40. The molecule has 5 heteroatoms. The molecule has 1 amide bonds. The average Bonchev–Trinajstić information content (AvgIpc) is 2.78. The lowest BCUT2D eigenvalue weighted by Gasteiger charge is -2.02. The first-order valence-corrected chi connectivity index (χ1v) is 7.18. The number of hydrogen-bond donors (Lipinski definition) is 2. The number of hydrogen-bond acceptors (Lipinski definition) is 2. The zero-order chi connectivity index (χ0) is 14.1. The number of nitrogens with two attached hydrogens (primary N) is 1. The zero-order valence-corrected chi connectivity index (χ0v) is 12.0. The van der Waals surface area contributed by atoms with Crippen LogP contribution in [0.4, 0.5) is 0 Å². The topological polar surface area (TPSA) is 58.9 Å². The molecule has 0 spiro atoms. The van der Waals surface area contributed by atoms with Gasteiger partial charge in [0.15, 0.2) is 0 Å². The number of fused-ring (bicyclic) bond motifs is 1. The molecule has 0 saturated heterocycles. The first kappa shape index (κ1) is 13.1. The van der Waals surface area contributed by atoms with E-state index in [1.165, 1.54) is 11.8 Å². The fourth-order valence-electron chi connectivity index (χ4n) is 2.03. The molecule has 0 aliphatic heterocycles. The van der Waals surface area contributed by atoms with Crippen LogP contribution in [0.2, 0.25) is 5.02 Å². The molecule has 0 radical (unpaired) electrons. The molecule has 1 aromatic heterocycles. The van der Waals surface area contributed by atoms with Crippen molar-refractivity contribution >= 4 is 40.2 Å². The Bertz CT molecular complexity index is 783. The van der Waals surface area contributed by atoms with Crippen LogP contribution < -0.4 is 5.73 Å². The van der Waals surface area contributed by atoms with Gasteiger partial charge in [0.05, 0.1) is 4.90 Å². The Balaban J connectivity index is 2.16. The summed E-state index contributed by atoms with van der Waals surface area (Å²) in [6, 6.07) is 15.3. The molecule has 100 valence electrons. The monoisotopic (exact) mass is 302 g/mol. The van der Waals surface area contributed by atoms with E-state index in [9.17, 15) is 4.79 Å². The van der Waals surface area contributed by atoms with E-state index in [1.54, 1.807) is 12.1 Å². The molecule has 2 aromatic carbocycles. The Hall–Kier alpha value is -1.91. The van der Waals surface area contributed by atoms with E-state index in [0.717, 1.165) is 20.7 Å². The smallest absolute Gasteiger partial charge is 0.266 e. The second kappa shape index (κ2) is 5.23. The standard InChI is InChI=1S/C15H11ClN2OS/c16-9-6-7-11-12(8-9)18-13(15(17)19)14(11)20-10-4-2-1-3-5-10/h1-8,18H,(H2,17,19). The number of carbonyl (C=O) groups excluding carboxylic acids is 1. The summed E-state index contributed by atoms with van der Waals surface area (Å²) in [5.41, 5.74) is 6.68. The third-order valence-corrected chi connectivity index (χ3v) is 4.29. The fraction of sp³-hybridized carbons (Fsp3) is 0. The molecule has 0 atom stereocenters. The van der Waals surface area contributed by atoms with Gasteiger partial charge < -0.3 is 10.7 Å². The first-order valence-electron chi connectivity index (χ1n) is 5.99. The molecular formula is C15H11ClN2OS. The van der Waals surface area contributed by atoms with Crippen molar-refractivity contribution in [2.24, 2.45) is 5.73 Å². The van der Waals surface area contributed by atoms with Crippen molar-refractivity contribution in [3.63, 3.8) is 0 Å². The lowest BCUT2D eigenvalue weighted by atomic mass is 10.2. The molecule has 0 fully saturated rings. The van der Waals surface area contributed by atoms with Crippen LogP contribution >= 0.6 is 23.4 Å². The Morgan fingerprint density at radius 2 is 1.90 bits per heavy atom. The number of carbonyl (C=O) groups is 1. The van der Waals surface area contributed by atoms with Crippen LogP contribution in [0.5, 0.6) is 0 Å². The van der Waals surface area contributed by atoms with Gasteiger partial charge in [0.1, 0.15) is 5.69 Å². The highest BCUT2D eigenvalue weighted by Crippen LogP contribution is 2.37. The van der Waals surface area contributed by atoms with Crippen molar-refractivity contribution in [3.05, 3.63) is 59.2 Å². The Kier molecular flexibility index (Phi) is 3.42. The molecule has 1 heterocycles. The number of H-pyrrole nitrogens is 1. The second-order valence-corrected chi connectivity index (χ2v) is 5.82. The van der Waals surface area contributed by atoms with Crippen molar-refractivity contribution in [2.75, 3.05) is 0 Å². The number of aromatic amines is 1. The zero-order valence-electron chi connectivity index (χ0n) is 10.4. The minimum absolute atomic E-state index is 0.413. The van der Waals surface area contributed by atoms with Crippen molar-refractivity contribution in [3.8, 4) is 0 Å².